The minimum atomic E-state index is -0.430. The van der Waals surface area contributed by atoms with Crippen molar-refractivity contribution in [1.29, 1.82) is 0 Å². The van der Waals surface area contributed by atoms with Gasteiger partial charge in [0.05, 0.1) is 22.7 Å². The van der Waals surface area contributed by atoms with Crippen molar-refractivity contribution in [2.45, 2.75) is 27.3 Å². The lowest BCUT2D eigenvalue weighted by Gasteiger charge is -2.04. The Balaban J connectivity index is 1.86. The fourth-order valence-corrected chi connectivity index (χ4v) is 2.52. The lowest BCUT2D eigenvalue weighted by atomic mass is 10.2. The van der Waals surface area contributed by atoms with Gasteiger partial charge in [-0.05, 0) is 26.8 Å². The zero-order valence-corrected chi connectivity index (χ0v) is 14.6. The zero-order valence-electron chi connectivity index (χ0n) is 14.6. The standard InChI is InChI=1S/C17H17N7O2/c1-11-9-16(20-17(19-11)23-13(3)8-12(2)22-23)21-18-10-14-6-4-5-7-15(14)24(25)26/h4-9H,10H2,1-3H3. The molecule has 0 aliphatic rings. The number of para-hydroxylation sites is 1. The topological polar surface area (TPSA) is 111 Å². The Bertz CT molecular complexity index is 995. The van der Waals surface area contributed by atoms with Crippen LogP contribution in [0.15, 0.2) is 46.6 Å². The first kappa shape index (κ1) is 17.3. The predicted molar refractivity (Wildman–Crippen MR) is 94.7 cm³/mol. The van der Waals surface area contributed by atoms with Crippen molar-refractivity contribution in [3.05, 3.63) is 69.2 Å². The molecule has 0 amide bonds. The number of hydrogen-bond donors (Lipinski definition) is 0. The van der Waals surface area contributed by atoms with Crippen molar-refractivity contribution in [3.63, 3.8) is 0 Å². The van der Waals surface area contributed by atoms with E-state index in [4.69, 9.17) is 0 Å². The fourth-order valence-electron chi connectivity index (χ4n) is 2.52. The minimum Gasteiger partial charge on any atom is -0.258 e. The first-order valence-corrected chi connectivity index (χ1v) is 7.93. The van der Waals surface area contributed by atoms with E-state index in [0.717, 1.165) is 17.1 Å². The van der Waals surface area contributed by atoms with E-state index in [9.17, 15) is 10.1 Å². The third-order valence-corrected chi connectivity index (χ3v) is 3.63. The molecule has 2 aromatic heterocycles. The van der Waals surface area contributed by atoms with Gasteiger partial charge in [0.2, 0.25) is 0 Å². The average molecular weight is 351 g/mol. The highest BCUT2D eigenvalue weighted by Crippen LogP contribution is 2.20. The number of benzene rings is 1. The molecule has 0 saturated carbocycles. The van der Waals surface area contributed by atoms with Crippen LogP contribution in [-0.2, 0) is 6.54 Å². The second-order valence-electron chi connectivity index (χ2n) is 5.79. The molecular formula is C17H17N7O2. The highest BCUT2D eigenvalue weighted by molar-refractivity contribution is 5.39. The second-order valence-corrected chi connectivity index (χ2v) is 5.79. The van der Waals surface area contributed by atoms with E-state index >= 15 is 0 Å². The molecule has 0 atom stereocenters. The van der Waals surface area contributed by atoms with Crippen LogP contribution < -0.4 is 0 Å². The molecule has 2 heterocycles. The Hall–Kier alpha value is -3.49. The maximum absolute atomic E-state index is 11.0. The van der Waals surface area contributed by atoms with Gasteiger partial charge in [-0.15, -0.1) is 5.11 Å². The zero-order chi connectivity index (χ0) is 18.7. The normalized spacial score (nSPS) is 11.2. The summed E-state index contributed by atoms with van der Waals surface area (Å²) in [5.41, 5.74) is 3.02. The summed E-state index contributed by atoms with van der Waals surface area (Å²) in [6.45, 7) is 5.74. The molecule has 9 heteroatoms. The second kappa shape index (κ2) is 7.18. The van der Waals surface area contributed by atoms with Crippen LogP contribution in [0, 0.1) is 30.9 Å². The third kappa shape index (κ3) is 3.77. The first-order valence-electron chi connectivity index (χ1n) is 7.93. The molecule has 3 rings (SSSR count). The molecule has 132 valence electrons. The average Bonchev–Trinajstić information content (AvgIpc) is 2.93. The fraction of sp³-hybridized carbons (Fsp3) is 0.235. The number of aryl methyl sites for hydroxylation is 3. The summed E-state index contributed by atoms with van der Waals surface area (Å²) in [6, 6.07) is 10.1. The van der Waals surface area contributed by atoms with Gasteiger partial charge in [0.15, 0.2) is 5.82 Å². The van der Waals surface area contributed by atoms with Crippen LogP contribution in [0.2, 0.25) is 0 Å². The van der Waals surface area contributed by atoms with Gasteiger partial charge in [0.25, 0.3) is 11.6 Å². The summed E-state index contributed by atoms with van der Waals surface area (Å²) in [7, 11) is 0. The van der Waals surface area contributed by atoms with Crippen molar-refractivity contribution in [2.24, 2.45) is 10.2 Å². The molecule has 9 nitrogen and oxygen atoms in total. The van der Waals surface area contributed by atoms with Crippen LogP contribution in [0.5, 0.6) is 0 Å². The number of hydrogen-bond acceptors (Lipinski definition) is 7. The largest absolute Gasteiger partial charge is 0.274 e. The summed E-state index contributed by atoms with van der Waals surface area (Å²) in [6.07, 6.45) is 0. The van der Waals surface area contributed by atoms with E-state index in [1.807, 2.05) is 26.8 Å². The molecule has 0 bridgehead atoms. The van der Waals surface area contributed by atoms with Gasteiger partial charge in [-0.2, -0.15) is 15.2 Å². The molecule has 0 saturated heterocycles. The molecule has 0 spiro atoms. The maximum atomic E-state index is 11.0. The van der Waals surface area contributed by atoms with Crippen LogP contribution in [0.3, 0.4) is 0 Å². The molecule has 0 aliphatic carbocycles. The van der Waals surface area contributed by atoms with Crippen molar-refractivity contribution in [2.75, 3.05) is 0 Å². The van der Waals surface area contributed by atoms with Gasteiger partial charge in [-0.1, -0.05) is 18.2 Å². The number of nitro groups is 1. The SMILES string of the molecule is Cc1cc(N=NCc2ccccc2[N+](=O)[O-])nc(-n2nc(C)cc2C)n1. The highest BCUT2D eigenvalue weighted by atomic mass is 16.6. The summed E-state index contributed by atoms with van der Waals surface area (Å²) in [5.74, 6) is 0.786. The minimum absolute atomic E-state index is 0.0219. The van der Waals surface area contributed by atoms with Crippen molar-refractivity contribution < 1.29 is 4.92 Å². The summed E-state index contributed by atoms with van der Waals surface area (Å²) in [4.78, 5) is 19.3. The van der Waals surface area contributed by atoms with Crippen molar-refractivity contribution in [1.82, 2.24) is 19.7 Å². The number of aromatic nitrogens is 4. The molecule has 0 fully saturated rings. The highest BCUT2D eigenvalue weighted by Gasteiger charge is 2.12. The van der Waals surface area contributed by atoms with Gasteiger partial charge in [0, 0.05) is 23.5 Å². The Morgan fingerprint density at radius 2 is 1.88 bits per heavy atom. The van der Waals surface area contributed by atoms with Gasteiger partial charge >= 0.3 is 0 Å². The molecule has 0 unspecified atom stereocenters. The van der Waals surface area contributed by atoms with E-state index in [1.54, 1.807) is 28.9 Å². The summed E-state index contributed by atoms with van der Waals surface area (Å²) in [5, 5.41) is 23.6. The van der Waals surface area contributed by atoms with E-state index in [1.165, 1.54) is 6.07 Å². The number of rotatable bonds is 5. The van der Waals surface area contributed by atoms with E-state index < -0.39 is 4.92 Å². The molecule has 3 aromatic rings. The molecular weight excluding hydrogens is 334 g/mol. The van der Waals surface area contributed by atoms with Crippen molar-refractivity contribution >= 4 is 11.5 Å². The summed E-state index contributed by atoms with van der Waals surface area (Å²) < 4.78 is 1.64. The van der Waals surface area contributed by atoms with Crippen LogP contribution in [0.1, 0.15) is 22.6 Å². The lowest BCUT2D eigenvalue weighted by molar-refractivity contribution is -0.385. The summed E-state index contributed by atoms with van der Waals surface area (Å²) >= 11 is 0. The lowest BCUT2D eigenvalue weighted by Crippen LogP contribution is -2.05. The Morgan fingerprint density at radius 1 is 1.12 bits per heavy atom. The van der Waals surface area contributed by atoms with Gasteiger partial charge in [-0.25, -0.2) is 9.67 Å². The Morgan fingerprint density at radius 3 is 2.58 bits per heavy atom. The Labute approximate surface area is 149 Å². The monoisotopic (exact) mass is 351 g/mol. The van der Waals surface area contributed by atoms with E-state index in [2.05, 4.69) is 25.3 Å². The van der Waals surface area contributed by atoms with Crippen LogP contribution in [0.4, 0.5) is 11.5 Å². The van der Waals surface area contributed by atoms with Crippen LogP contribution in [0.25, 0.3) is 5.95 Å². The van der Waals surface area contributed by atoms with Crippen LogP contribution >= 0.6 is 0 Å². The van der Waals surface area contributed by atoms with Gasteiger partial charge in [-0.3, -0.25) is 10.1 Å². The predicted octanol–water partition coefficient (Wildman–Crippen LogP) is 3.78. The molecule has 1 aromatic carbocycles. The van der Waals surface area contributed by atoms with E-state index in [0.29, 0.717) is 17.3 Å². The van der Waals surface area contributed by atoms with E-state index in [-0.39, 0.29) is 12.2 Å². The number of azo groups is 1. The molecule has 0 radical (unpaired) electrons. The molecule has 26 heavy (non-hydrogen) atoms. The molecule has 0 N–H and O–H groups in total. The quantitative estimate of drug-likeness (QED) is 0.394. The Kier molecular flexibility index (Phi) is 4.78. The van der Waals surface area contributed by atoms with Gasteiger partial charge < -0.3 is 0 Å². The first-order chi connectivity index (χ1) is 12.4. The van der Waals surface area contributed by atoms with Gasteiger partial charge in [0.1, 0.15) is 0 Å². The molecule has 0 aliphatic heterocycles. The number of nitro benzene ring substituents is 1. The smallest absolute Gasteiger partial charge is 0.258 e. The maximum Gasteiger partial charge on any atom is 0.274 e. The van der Waals surface area contributed by atoms with Crippen LogP contribution in [-0.4, -0.2) is 24.7 Å². The number of nitrogens with zero attached hydrogens (tertiary/aromatic N) is 7. The third-order valence-electron chi connectivity index (χ3n) is 3.63. The van der Waals surface area contributed by atoms with Crippen molar-refractivity contribution in [3.8, 4) is 5.95 Å².